The van der Waals surface area contributed by atoms with Gasteiger partial charge in [-0.05, 0) is 29.9 Å². The van der Waals surface area contributed by atoms with E-state index in [-0.39, 0.29) is 5.78 Å². The summed E-state index contributed by atoms with van der Waals surface area (Å²) in [5, 5.41) is 0.996. The minimum atomic E-state index is 0.245. The minimum absolute atomic E-state index is 0.245. The van der Waals surface area contributed by atoms with Gasteiger partial charge in [-0.1, -0.05) is 44.6 Å². The van der Waals surface area contributed by atoms with E-state index in [9.17, 15) is 4.79 Å². The molecule has 17 heavy (non-hydrogen) atoms. The molecule has 0 N–H and O–H groups in total. The molecule has 0 bridgehead atoms. The van der Waals surface area contributed by atoms with E-state index < -0.39 is 0 Å². The minimum Gasteiger partial charge on any atom is -0.300 e. The van der Waals surface area contributed by atoms with Gasteiger partial charge in [-0.3, -0.25) is 4.79 Å². The van der Waals surface area contributed by atoms with Gasteiger partial charge in [0.05, 0.1) is 0 Å². The maximum Gasteiger partial charge on any atom is 0.130 e. The molecule has 1 aromatic heterocycles. The molecule has 2 nitrogen and oxygen atoms in total. The summed E-state index contributed by atoms with van der Waals surface area (Å²) in [5.74, 6) is 1.10. The van der Waals surface area contributed by atoms with Gasteiger partial charge in [0.1, 0.15) is 10.8 Å². The highest BCUT2D eigenvalue weighted by atomic mass is 33.1. The van der Waals surface area contributed by atoms with Crippen LogP contribution in [0.3, 0.4) is 0 Å². The van der Waals surface area contributed by atoms with Crippen LogP contribution in [0.25, 0.3) is 0 Å². The van der Waals surface area contributed by atoms with Crippen LogP contribution >= 0.6 is 21.6 Å². The summed E-state index contributed by atoms with van der Waals surface area (Å²) in [5.41, 5.74) is 0. The third-order valence-corrected chi connectivity index (χ3v) is 3.59. The second-order valence-electron chi connectivity index (χ2n) is 2.53. The Morgan fingerprint density at radius 2 is 1.88 bits per heavy atom. The van der Waals surface area contributed by atoms with Crippen molar-refractivity contribution >= 4 is 27.4 Å². The lowest BCUT2D eigenvalue weighted by molar-refractivity contribution is -0.116. The van der Waals surface area contributed by atoms with Gasteiger partial charge in [0.15, 0.2) is 0 Å². The van der Waals surface area contributed by atoms with Gasteiger partial charge in [0.25, 0.3) is 0 Å². The number of aromatic nitrogens is 1. The molecule has 0 aromatic carbocycles. The number of carbonyl (C=O) groups is 1. The molecule has 0 saturated carbocycles. The lowest BCUT2D eigenvalue weighted by Crippen LogP contribution is -1.90. The number of hydrogen-bond donors (Lipinski definition) is 0. The van der Waals surface area contributed by atoms with Crippen molar-refractivity contribution < 1.29 is 4.79 Å². The van der Waals surface area contributed by atoms with E-state index in [1.807, 2.05) is 45.9 Å². The zero-order valence-corrected chi connectivity index (χ0v) is 13.0. The molecule has 0 spiro atoms. The molecule has 0 aliphatic heterocycles. The zero-order valence-electron chi connectivity index (χ0n) is 11.4. The molecular weight excluding hydrogens is 250 g/mol. The standard InChI is InChI=1S/C9H11NOS2.2C2H6/c1-8(11)5-7-12-13-9-4-2-3-6-10-9;2*1-2/h2-4,6H,5,7H2,1H3;2*1-2H3. The average molecular weight is 273 g/mol. The fourth-order valence-electron chi connectivity index (χ4n) is 0.684. The van der Waals surface area contributed by atoms with Gasteiger partial charge in [-0.25, -0.2) is 4.98 Å². The third-order valence-electron chi connectivity index (χ3n) is 1.32. The predicted octanol–water partition coefficient (Wildman–Crippen LogP) is 4.85. The highest BCUT2D eigenvalue weighted by molar-refractivity contribution is 8.76. The van der Waals surface area contributed by atoms with E-state index in [0.717, 1.165) is 10.8 Å². The summed E-state index contributed by atoms with van der Waals surface area (Å²) in [4.78, 5) is 14.8. The summed E-state index contributed by atoms with van der Waals surface area (Å²) in [6, 6.07) is 5.82. The molecule has 1 heterocycles. The molecule has 4 heteroatoms. The smallest absolute Gasteiger partial charge is 0.130 e. The van der Waals surface area contributed by atoms with Crippen LogP contribution < -0.4 is 0 Å². The normalized spacial score (nSPS) is 8.29. The lowest BCUT2D eigenvalue weighted by Gasteiger charge is -1.97. The molecule has 1 aromatic rings. The quantitative estimate of drug-likeness (QED) is 0.566. The van der Waals surface area contributed by atoms with Crippen LogP contribution in [0.4, 0.5) is 0 Å². The number of carbonyl (C=O) groups excluding carboxylic acids is 1. The Balaban J connectivity index is 0. The molecule has 0 saturated heterocycles. The number of Topliss-reactive ketones (excluding diaryl/α,β-unsaturated/α-hetero) is 1. The molecular formula is C13H23NOS2. The Morgan fingerprint density at radius 3 is 2.35 bits per heavy atom. The van der Waals surface area contributed by atoms with Crippen molar-refractivity contribution in [3.63, 3.8) is 0 Å². The molecule has 0 radical (unpaired) electrons. The summed E-state index contributed by atoms with van der Waals surface area (Å²) in [6.07, 6.45) is 2.42. The summed E-state index contributed by atoms with van der Waals surface area (Å²) in [6.45, 7) is 9.62. The van der Waals surface area contributed by atoms with Gasteiger partial charge < -0.3 is 0 Å². The summed E-state index contributed by atoms with van der Waals surface area (Å²) < 4.78 is 0. The fourth-order valence-corrected chi connectivity index (χ4v) is 2.65. The lowest BCUT2D eigenvalue weighted by atomic mass is 10.4. The van der Waals surface area contributed by atoms with Crippen LogP contribution in [-0.2, 0) is 4.79 Å². The second-order valence-corrected chi connectivity index (χ2v) is 4.96. The van der Waals surface area contributed by atoms with E-state index in [0.29, 0.717) is 6.42 Å². The second kappa shape index (κ2) is 15.5. The molecule has 1 rings (SSSR count). The van der Waals surface area contributed by atoms with Crippen molar-refractivity contribution in [3.8, 4) is 0 Å². The first kappa shape index (κ1) is 18.9. The largest absolute Gasteiger partial charge is 0.300 e. The molecule has 0 amide bonds. The van der Waals surface area contributed by atoms with Crippen molar-refractivity contribution in [1.29, 1.82) is 0 Å². The fraction of sp³-hybridized carbons (Fsp3) is 0.538. The number of nitrogens with zero attached hydrogens (tertiary/aromatic N) is 1. The maximum atomic E-state index is 10.6. The first-order valence-electron chi connectivity index (χ1n) is 5.99. The summed E-state index contributed by atoms with van der Waals surface area (Å²) >= 11 is 0. The van der Waals surface area contributed by atoms with Crippen molar-refractivity contribution in [2.24, 2.45) is 0 Å². The molecule has 0 aliphatic carbocycles. The van der Waals surface area contributed by atoms with Crippen molar-refractivity contribution in [1.82, 2.24) is 4.98 Å². The highest BCUT2D eigenvalue weighted by Crippen LogP contribution is 2.29. The van der Waals surface area contributed by atoms with E-state index in [1.165, 1.54) is 0 Å². The molecule has 0 atom stereocenters. The highest BCUT2D eigenvalue weighted by Gasteiger charge is 1.96. The van der Waals surface area contributed by atoms with E-state index in [1.54, 1.807) is 34.7 Å². The Bertz CT molecular complexity index is 265. The molecule has 0 fully saturated rings. The van der Waals surface area contributed by atoms with Crippen LogP contribution in [0.5, 0.6) is 0 Å². The predicted molar refractivity (Wildman–Crippen MR) is 80.5 cm³/mol. The monoisotopic (exact) mass is 273 g/mol. The Hall–Kier alpha value is -0.480. The number of hydrogen-bond acceptors (Lipinski definition) is 4. The molecule has 0 unspecified atom stereocenters. The van der Waals surface area contributed by atoms with Crippen molar-refractivity contribution in [2.45, 2.75) is 46.1 Å². The number of pyridine rings is 1. The van der Waals surface area contributed by atoms with E-state index in [4.69, 9.17) is 0 Å². The molecule has 0 aliphatic rings. The third kappa shape index (κ3) is 13.5. The maximum absolute atomic E-state index is 10.6. The summed E-state index contributed by atoms with van der Waals surface area (Å²) in [7, 11) is 3.28. The van der Waals surface area contributed by atoms with Crippen LogP contribution in [0.2, 0.25) is 0 Å². The van der Waals surface area contributed by atoms with E-state index >= 15 is 0 Å². The first-order valence-corrected chi connectivity index (χ1v) is 8.31. The van der Waals surface area contributed by atoms with Crippen molar-refractivity contribution in [2.75, 3.05) is 5.75 Å². The first-order chi connectivity index (χ1) is 8.29. The van der Waals surface area contributed by atoms with Crippen molar-refractivity contribution in [3.05, 3.63) is 24.4 Å². The number of ketones is 1. The van der Waals surface area contributed by atoms with Crippen LogP contribution in [0.1, 0.15) is 41.0 Å². The van der Waals surface area contributed by atoms with Gasteiger partial charge in [0, 0.05) is 18.4 Å². The van der Waals surface area contributed by atoms with E-state index in [2.05, 4.69) is 4.98 Å². The van der Waals surface area contributed by atoms with Crippen LogP contribution in [0.15, 0.2) is 29.4 Å². The van der Waals surface area contributed by atoms with Crippen LogP contribution in [-0.4, -0.2) is 16.5 Å². The van der Waals surface area contributed by atoms with Gasteiger partial charge in [0.2, 0.25) is 0 Å². The molecule has 98 valence electrons. The zero-order chi connectivity index (χ0) is 13.5. The average Bonchev–Trinajstić information content (AvgIpc) is 2.40. The van der Waals surface area contributed by atoms with Crippen LogP contribution in [0, 0.1) is 0 Å². The topological polar surface area (TPSA) is 30.0 Å². The van der Waals surface area contributed by atoms with Gasteiger partial charge in [-0.2, -0.15) is 0 Å². The van der Waals surface area contributed by atoms with Gasteiger partial charge in [-0.15, -0.1) is 0 Å². The number of rotatable bonds is 5. The Morgan fingerprint density at radius 1 is 1.24 bits per heavy atom. The van der Waals surface area contributed by atoms with Gasteiger partial charge >= 0.3 is 0 Å². The Kier molecular flexibility index (Phi) is 17.2. The SMILES string of the molecule is CC.CC.CC(=O)CCSSc1ccccn1. The Labute approximate surface area is 113 Å².